The molecule has 0 aliphatic heterocycles. The summed E-state index contributed by atoms with van der Waals surface area (Å²) in [5.74, 6) is 1.85. The lowest BCUT2D eigenvalue weighted by Gasteiger charge is -2.34. The van der Waals surface area contributed by atoms with Crippen molar-refractivity contribution in [2.24, 2.45) is 11.8 Å². The standard InChI is InChI=1S/C26H58OSi2/c1-9-25(3)21-17-13-11-15-19-23-28(5,6)27-29(7,8)24-20-16-12-14-18-22-26(4)10-2/h25-26H,9-24H2,1-8H3. The first kappa shape index (κ1) is 29.4. The van der Waals surface area contributed by atoms with E-state index in [-0.39, 0.29) is 0 Å². The maximum absolute atomic E-state index is 6.85. The van der Waals surface area contributed by atoms with Crippen LogP contribution in [0.3, 0.4) is 0 Å². The summed E-state index contributed by atoms with van der Waals surface area (Å²) in [5, 5.41) is 0. The molecule has 0 radical (unpaired) electrons. The highest BCUT2D eigenvalue weighted by Gasteiger charge is 2.32. The van der Waals surface area contributed by atoms with Gasteiger partial charge in [0.1, 0.15) is 0 Å². The van der Waals surface area contributed by atoms with Gasteiger partial charge in [0.05, 0.1) is 0 Å². The number of hydrogen-bond acceptors (Lipinski definition) is 1. The third-order valence-electron chi connectivity index (χ3n) is 6.90. The Kier molecular flexibility index (Phi) is 17.2. The first-order chi connectivity index (χ1) is 13.6. The molecule has 176 valence electrons. The van der Waals surface area contributed by atoms with Crippen LogP contribution in [0.5, 0.6) is 0 Å². The van der Waals surface area contributed by atoms with Gasteiger partial charge in [-0.1, -0.05) is 118 Å². The summed E-state index contributed by atoms with van der Waals surface area (Å²) in [7, 11) is -2.93. The van der Waals surface area contributed by atoms with Gasteiger partial charge in [0.2, 0.25) is 0 Å². The van der Waals surface area contributed by atoms with Crippen molar-refractivity contribution in [3.63, 3.8) is 0 Å². The molecular formula is C26H58OSi2. The Morgan fingerprint density at radius 2 is 0.828 bits per heavy atom. The van der Waals surface area contributed by atoms with Crippen molar-refractivity contribution < 1.29 is 4.12 Å². The molecule has 0 aromatic carbocycles. The average Bonchev–Trinajstić information content (AvgIpc) is 2.64. The predicted molar refractivity (Wildman–Crippen MR) is 140 cm³/mol. The van der Waals surface area contributed by atoms with Crippen molar-refractivity contribution in [1.29, 1.82) is 0 Å². The van der Waals surface area contributed by atoms with E-state index in [2.05, 4.69) is 53.9 Å². The molecule has 1 nitrogen and oxygen atoms in total. The van der Waals surface area contributed by atoms with Crippen molar-refractivity contribution in [3.05, 3.63) is 0 Å². The van der Waals surface area contributed by atoms with Crippen LogP contribution >= 0.6 is 0 Å². The average molecular weight is 443 g/mol. The summed E-state index contributed by atoms with van der Waals surface area (Å²) >= 11 is 0. The molecule has 0 amide bonds. The number of hydrogen-bond donors (Lipinski definition) is 0. The second kappa shape index (κ2) is 17.0. The first-order valence-corrected chi connectivity index (χ1v) is 19.5. The molecule has 0 aromatic rings. The molecule has 2 atom stereocenters. The molecule has 0 spiro atoms. The van der Waals surface area contributed by atoms with Gasteiger partial charge in [-0.05, 0) is 50.1 Å². The van der Waals surface area contributed by atoms with Crippen molar-refractivity contribution >= 4 is 16.6 Å². The van der Waals surface area contributed by atoms with E-state index in [0.29, 0.717) is 0 Å². The number of unbranched alkanes of at least 4 members (excludes halogenated alkanes) is 8. The normalized spacial score (nSPS) is 14.9. The fourth-order valence-electron chi connectivity index (χ4n) is 4.41. The van der Waals surface area contributed by atoms with E-state index in [1.807, 2.05) is 0 Å². The molecular weight excluding hydrogens is 384 g/mol. The largest absolute Gasteiger partial charge is 0.455 e. The third kappa shape index (κ3) is 18.8. The SMILES string of the molecule is CCC(C)CCCCCCC[Si](C)(C)O[Si](C)(C)CCCCCCCC(C)CC. The van der Waals surface area contributed by atoms with Crippen LogP contribution in [0.25, 0.3) is 0 Å². The molecule has 0 N–H and O–H groups in total. The predicted octanol–water partition coefficient (Wildman–Crippen LogP) is 10.2. The zero-order valence-corrected chi connectivity index (χ0v) is 23.9. The van der Waals surface area contributed by atoms with E-state index in [1.54, 1.807) is 0 Å². The Morgan fingerprint density at radius 3 is 1.17 bits per heavy atom. The van der Waals surface area contributed by atoms with Gasteiger partial charge in [-0.3, -0.25) is 0 Å². The topological polar surface area (TPSA) is 9.23 Å². The van der Waals surface area contributed by atoms with E-state index >= 15 is 0 Å². The van der Waals surface area contributed by atoms with Crippen molar-refractivity contribution in [3.8, 4) is 0 Å². The van der Waals surface area contributed by atoms with Crippen LogP contribution in [0, 0.1) is 11.8 Å². The first-order valence-electron chi connectivity index (χ1n) is 13.3. The van der Waals surface area contributed by atoms with Gasteiger partial charge in [-0.15, -0.1) is 0 Å². The highest BCUT2D eigenvalue weighted by Crippen LogP contribution is 2.26. The fraction of sp³-hybridized carbons (Fsp3) is 1.00. The fourth-order valence-corrected chi connectivity index (χ4v) is 13.4. The van der Waals surface area contributed by atoms with Crippen LogP contribution in [0.2, 0.25) is 38.3 Å². The van der Waals surface area contributed by atoms with Gasteiger partial charge in [0, 0.05) is 0 Å². The van der Waals surface area contributed by atoms with Crippen molar-refractivity contribution in [1.82, 2.24) is 0 Å². The quantitative estimate of drug-likeness (QED) is 0.134. The molecule has 0 aliphatic carbocycles. The van der Waals surface area contributed by atoms with Crippen LogP contribution in [0.15, 0.2) is 0 Å². The maximum atomic E-state index is 6.85. The Labute approximate surface area is 188 Å². The third-order valence-corrected chi connectivity index (χ3v) is 14.4. The maximum Gasteiger partial charge on any atom is 0.173 e. The van der Waals surface area contributed by atoms with Crippen LogP contribution in [-0.4, -0.2) is 16.6 Å². The second-order valence-electron chi connectivity index (χ2n) is 11.3. The zero-order valence-electron chi connectivity index (χ0n) is 21.9. The van der Waals surface area contributed by atoms with E-state index in [9.17, 15) is 0 Å². The van der Waals surface area contributed by atoms with Gasteiger partial charge in [-0.25, -0.2) is 0 Å². The molecule has 29 heavy (non-hydrogen) atoms. The summed E-state index contributed by atoms with van der Waals surface area (Å²) < 4.78 is 6.85. The minimum absolute atomic E-state index is 0.923. The Hall–Kier alpha value is 0.394. The lowest BCUT2D eigenvalue weighted by atomic mass is 10.0. The summed E-state index contributed by atoms with van der Waals surface area (Å²) in [6.07, 6.45) is 19.8. The Balaban J connectivity index is 3.79. The summed E-state index contributed by atoms with van der Waals surface area (Å²) in [4.78, 5) is 0. The highest BCUT2D eigenvalue weighted by atomic mass is 28.4. The molecule has 0 rings (SSSR count). The van der Waals surface area contributed by atoms with Gasteiger partial charge in [0.25, 0.3) is 0 Å². The Morgan fingerprint density at radius 1 is 0.517 bits per heavy atom. The molecule has 0 saturated heterocycles. The molecule has 0 heterocycles. The zero-order chi connectivity index (χ0) is 22.2. The number of rotatable bonds is 20. The van der Waals surface area contributed by atoms with Crippen LogP contribution in [-0.2, 0) is 4.12 Å². The lowest BCUT2D eigenvalue weighted by molar-refractivity contribution is 0.470. The monoisotopic (exact) mass is 442 g/mol. The van der Waals surface area contributed by atoms with Crippen LogP contribution in [0.4, 0.5) is 0 Å². The van der Waals surface area contributed by atoms with Gasteiger partial charge in [0.15, 0.2) is 16.6 Å². The summed E-state index contributed by atoms with van der Waals surface area (Å²) in [5.41, 5.74) is 0. The van der Waals surface area contributed by atoms with Gasteiger partial charge in [-0.2, -0.15) is 0 Å². The summed E-state index contributed by atoms with van der Waals surface area (Å²) in [6, 6.07) is 2.73. The molecule has 0 fully saturated rings. The van der Waals surface area contributed by atoms with Crippen LogP contribution in [0.1, 0.15) is 118 Å². The van der Waals surface area contributed by atoms with Crippen molar-refractivity contribution in [2.75, 3.05) is 0 Å². The van der Waals surface area contributed by atoms with E-state index in [1.165, 1.54) is 102 Å². The van der Waals surface area contributed by atoms with E-state index < -0.39 is 16.6 Å². The minimum atomic E-state index is -1.47. The molecule has 3 heteroatoms. The van der Waals surface area contributed by atoms with Crippen molar-refractivity contribution in [2.45, 2.75) is 156 Å². The molecule has 0 bridgehead atoms. The minimum Gasteiger partial charge on any atom is -0.455 e. The molecule has 0 aromatic heterocycles. The van der Waals surface area contributed by atoms with Gasteiger partial charge >= 0.3 is 0 Å². The summed E-state index contributed by atoms with van der Waals surface area (Å²) in [6.45, 7) is 19.3. The second-order valence-corrected chi connectivity index (χ2v) is 20.1. The highest BCUT2D eigenvalue weighted by molar-refractivity contribution is 6.84. The molecule has 0 saturated carbocycles. The van der Waals surface area contributed by atoms with Crippen LogP contribution < -0.4 is 0 Å². The molecule has 2 unspecified atom stereocenters. The molecule has 0 aliphatic rings. The van der Waals surface area contributed by atoms with Gasteiger partial charge < -0.3 is 4.12 Å². The lowest BCUT2D eigenvalue weighted by Crippen LogP contribution is -2.44. The Bertz CT molecular complexity index is 334. The van der Waals surface area contributed by atoms with E-state index in [4.69, 9.17) is 4.12 Å². The smallest absolute Gasteiger partial charge is 0.173 e. The van der Waals surface area contributed by atoms with E-state index in [0.717, 1.165) is 11.8 Å².